The highest BCUT2D eigenvalue weighted by Gasteiger charge is 2.24. The minimum atomic E-state index is -1.11. The Bertz CT molecular complexity index is 1180. The van der Waals surface area contributed by atoms with E-state index < -0.39 is 10.8 Å². The molecule has 4 heteroatoms. The van der Waals surface area contributed by atoms with Gasteiger partial charge < -0.3 is 4.57 Å². The minimum Gasteiger partial charge on any atom is -0.340 e. The number of aromatic nitrogens is 1. The Morgan fingerprint density at radius 1 is 0.897 bits per heavy atom. The van der Waals surface area contributed by atoms with Crippen molar-refractivity contribution in [3.05, 3.63) is 102 Å². The largest absolute Gasteiger partial charge is 0.340 e. The molecule has 4 aromatic rings. The molecule has 0 N–H and O–H groups in total. The number of carbonyl (C=O) groups excluding carboxylic acids is 1. The van der Waals surface area contributed by atoms with E-state index in [1.165, 1.54) is 0 Å². The van der Waals surface area contributed by atoms with Crippen molar-refractivity contribution < 1.29 is 9.00 Å². The first-order valence-corrected chi connectivity index (χ1v) is 11.0. The van der Waals surface area contributed by atoms with Gasteiger partial charge >= 0.3 is 0 Å². The Balaban J connectivity index is 1.76. The quantitative estimate of drug-likeness (QED) is 0.397. The van der Waals surface area contributed by atoms with Crippen molar-refractivity contribution in [1.29, 1.82) is 0 Å². The van der Waals surface area contributed by atoms with Crippen LogP contribution in [0.1, 0.15) is 34.6 Å². The standard InChI is InChI=1S/C25H23NO2S/c1-18(17-29(28)21-13-7-4-8-14-21)26-19(2)24(22-15-9-10-16-23(22)26)25(27)20-11-5-3-6-12-20/h3-16,18H,17H2,1-2H3. The zero-order valence-electron chi connectivity index (χ0n) is 16.5. The Labute approximate surface area is 173 Å². The smallest absolute Gasteiger partial charge is 0.195 e. The van der Waals surface area contributed by atoms with Crippen molar-refractivity contribution >= 4 is 27.5 Å². The fourth-order valence-electron chi connectivity index (χ4n) is 3.94. The minimum absolute atomic E-state index is 0.0155. The first-order valence-electron chi connectivity index (χ1n) is 9.70. The summed E-state index contributed by atoms with van der Waals surface area (Å²) in [6.07, 6.45) is 0. The molecule has 4 rings (SSSR count). The van der Waals surface area contributed by atoms with Crippen LogP contribution in [0, 0.1) is 6.92 Å². The average molecular weight is 402 g/mol. The molecule has 0 aliphatic carbocycles. The lowest BCUT2D eigenvalue weighted by Crippen LogP contribution is -2.15. The highest BCUT2D eigenvalue weighted by atomic mass is 32.2. The van der Waals surface area contributed by atoms with Gasteiger partial charge in [-0.25, -0.2) is 0 Å². The maximum absolute atomic E-state index is 13.3. The van der Waals surface area contributed by atoms with Crippen molar-refractivity contribution in [2.75, 3.05) is 5.75 Å². The second-order valence-electron chi connectivity index (χ2n) is 7.22. The van der Waals surface area contributed by atoms with E-state index in [1.54, 1.807) is 0 Å². The van der Waals surface area contributed by atoms with E-state index in [-0.39, 0.29) is 11.8 Å². The third kappa shape index (κ3) is 3.68. The lowest BCUT2D eigenvalue weighted by molar-refractivity contribution is 0.103. The molecular weight excluding hydrogens is 378 g/mol. The molecule has 2 unspecified atom stereocenters. The zero-order chi connectivity index (χ0) is 20.4. The molecule has 1 aromatic heterocycles. The van der Waals surface area contributed by atoms with Crippen LogP contribution in [0.2, 0.25) is 0 Å². The Morgan fingerprint density at radius 2 is 1.48 bits per heavy atom. The Hall–Kier alpha value is -2.98. The molecule has 0 bridgehead atoms. The van der Waals surface area contributed by atoms with E-state index in [0.29, 0.717) is 11.3 Å². The summed E-state index contributed by atoms with van der Waals surface area (Å²) in [5.74, 6) is 0.511. The number of ketones is 1. The van der Waals surface area contributed by atoms with Crippen LogP contribution < -0.4 is 0 Å². The van der Waals surface area contributed by atoms with Gasteiger partial charge in [0.2, 0.25) is 0 Å². The lowest BCUT2D eigenvalue weighted by atomic mass is 10.0. The molecule has 0 radical (unpaired) electrons. The number of para-hydroxylation sites is 1. The molecule has 0 aliphatic rings. The van der Waals surface area contributed by atoms with E-state index in [2.05, 4.69) is 11.5 Å². The highest BCUT2D eigenvalue weighted by molar-refractivity contribution is 7.85. The summed E-state index contributed by atoms with van der Waals surface area (Å²) in [5.41, 5.74) is 3.32. The summed E-state index contributed by atoms with van der Waals surface area (Å²) < 4.78 is 15.0. The third-order valence-electron chi connectivity index (χ3n) is 5.26. The maximum Gasteiger partial charge on any atom is 0.195 e. The summed E-state index contributed by atoms with van der Waals surface area (Å²) in [5, 5.41) is 0.941. The number of carbonyl (C=O) groups is 1. The second-order valence-corrected chi connectivity index (χ2v) is 8.71. The molecule has 0 saturated heterocycles. The first kappa shape index (κ1) is 19.3. The van der Waals surface area contributed by atoms with E-state index in [4.69, 9.17) is 0 Å². The topological polar surface area (TPSA) is 39.1 Å². The molecule has 1 heterocycles. The van der Waals surface area contributed by atoms with E-state index >= 15 is 0 Å². The maximum atomic E-state index is 13.3. The highest BCUT2D eigenvalue weighted by Crippen LogP contribution is 2.31. The first-order chi connectivity index (χ1) is 14.1. The zero-order valence-corrected chi connectivity index (χ0v) is 17.4. The SMILES string of the molecule is Cc1c(C(=O)c2ccccc2)c2ccccc2n1C(C)CS(=O)c1ccccc1. The van der Waals surface area contributed by atoms with Gasteiger partial charge in [0, 0.05) is 38.9 Å². The van der Waals surface area contributed by atoms with Gasteiger partial charge in [0.05, 0.1) is 16.4 Å². The molecule has 29 heavy (non-hydrogen) atoms. The number of hydrogen-bond donors (Lipinski definition) is 0. The van der Waals surface area contributed by atoms with Crippen LogP contribution in [0.3, 0.4) is 0 Å². The monoisotopic (exact) mass is 401 g/mol. The van der Waals surface area contributed by atoms with Crippen LogP contribution in [0.25, 0.3) is 10.9 Å². The van der Waals surface area contributed by atoms with Crippen LogP contribution >= 0.6 is 0 Å². The van der Waals surface area contributed by atoms with Crippen LogP contribution in [0.5, 0.6) is 0 Å². The molecule has 3 aromatic carbocycles. The van der Waals surface area contributed by atoms with E-state index in [1.807, 2.05) is 91.9 Å². The van der Waals surface area contributed by atoms with Gasteiger partial charge in [-0.3, -0.25) is 9.00 Å². The molecule has 0 spiro atoms. The van der Waals surface area contributed by atoms with Gasteiger partial charge in [-0.05, 0) is 32.0 Å². The van der Waals surface area contributed by atoms with Crippen molar-refractivity contribution in [2.24, 2.45) is 0 Å². The van der Waals surface area contributed by atoms with Gasteiger partial charge in [0.25, 0.3) is 0 Å². The van der Waals surface area contributed by atoms with Crippen molar-refractivity contribution in [1.82, 2.24) is 4.57 Å². The summed E-state index contributed by atoms with van der Waals surface area (Å²) in [4.78, 5) is 14.1. The summed E-state index contributed by atoms with van der Waals surface area (Å²) in [6, 6.07) is 26.9. The van der Waals surface area contributed by atoms with Crippen LogP contribution in [-0.4, -0.2) is 20.3 Å². The Kier molecular flexibility index (Phi) is 5.45. The van der Waals surface area contributed by atoms with Gasteiger partial charge in [0.15, 0.2) is 5.78 Å². The number of benzene rings is 3. The number of rotatable bonds is 6. The fraction of sp³-hybridized carbons (Fsp3) is 0.160. The molecule has 0 fully saturated rings. The predicted octanol–water partition coefficient (Wildman–Crippen LogP) is 5.55. The molecule has 3 nitrogen and oxygen atoms in total. The molecule has 0 aliphatic heterocycles. The number of fused-ring (bicyclic) bond motifs is 1. The lowest BCUT2D eigenvalue weighted by Gasteiger charge is -2.17. The van der Waals surface area contributed by atoms with Crippen LogP contribution in [0.4, 0.5) is 0 Å². The molecule has 2 atom stereocenters. The van der Waals surface area contributed by atoms with Crippen LogP contribution in [-0.2, 0) is 10.8 Å². The van der Waals surface area contributed by atoms with Crippen molar-refractivity contribution in [3.8, 4) is 0 Å². The van der Waals surface area contributed by atoms with Crippen LogP contribution in [0.15, 0.2) is 89.8 Å². The van der Waals surface area contributed by atoms with Gasteiger partial charge in [-0.2, -0.15) is 0 Å². The second kappa shape index (κ2) is 8.18. The Morgan fingerprint density at radius 3 is 2.17 bits per heavy atom. The summed E-state index contributed by atoms with van der Waals surface area (Å²) in [6.45, 7) is 4.05. The van der Waals surface area contributed by atoms with Crippen molar-refractivity contribution in [2.45, 2.75) is 24.8 Å². The molecule has 146 valence electrons. The summed E-state index contributed by atoms with van der Waals surface area (Å²) >= 11 is 0. The van der Waals surface area contributed by atoms with E-state index in [0.717, 1.165) is 27.1 Å². The third-order valence-corrected chi connectivity index (χ3v) is 6.84. The van der Waals surface area contributed by atoms with E-state index in [9.17, 15) is 9.00 Å². The average Bonchev–Trinajstić information content (AvgIpc) is 3.06. The van der Waals surface area contributed by atoms with Crippen molar-refractivity contribution in [3.63, 3.8) is 0 Å². The molecule has 0 amide bonds. The van der Waals surface area contributed by atoms with Gasteiger partial charge in [-0.15, -0.1) is 0 Å². The summed E-state index contributed by atoms with van der Waals surface area (Å²) in [7, 11) is -1.11. The predicted molar refractivity (Wildman–Crippen MR) is 119 cm³/mol. The fourth-order valence-corrected chi connectivity index (χ4v) is 5.18. The van der Waals surface area contributed by atoms with Gasteiger partial charge in [-0.1, -0.05) is 66.7 Å². The number of hydrogen-bond acceptors (Lipinski definition) is 2. The molecule has 0 saturated carbocycles. The number of nitrogens with zero attached hydrogens (tertiary/aromatic N) is 1. The van der Waals surface area contributed by atoms with Gasteiger partial charge in [0.1, 0.15) is 0 Å². The normalized spacial score (nSPS) is 13.3. The molecular formula is C25H23NO2S.